The standard InChI is InChI=1S/C17H16ClN3O3/c1-22-15-9-17(24-3)16(23-2)8-13(15)21-14(10-19-20-21)11-4-6-12(18)7-5-11/h4-10H,1-3H3. The van der Waals surface area contributed by atoms with E-state index in [2.05, 4.69) is 10.3 Å². The average Bonchev–Trinajstić information content (AvgIpc) is 3.10. The Labute approximate surface area is 144 Å². The number of hydrogen-bond acceptors (Lipinski definition) is 5. The first-order chi connectivity index (χ1) is 11.7. The quantitative estimate of drug-likeness (QED) is 0.707. The van der Waals surface area contributed by atoms with E-state index in [4.69, 9.17) is 25.8 Å². The lowest BCUT2D eigenvalue weighted by molar-refractivity contribution is 0.348. The molecule has 3 rings (SSSR count). The highest BCUT2D eigenvalue weighted by molar-refractivity contribution is 6.30. The Balaban J connectivity index is 2.16. The molecule has 2 aromatic carbocycles. The van der Waals surface area contributed by atoms with E-state index in [1.165, 1.54) is 0 Å². The zero-order chi connectivity index (χ0) is 17.1. The number of nitrogens with zero attached hydrogens (tertiary/aromatic N) is 3. The molecule has 1 heterocycles. The Morgan fingerprint density at radius 3 is 2.12 bits per heavy atom. The second-order valence-electron chi connectivity index (χ2n) is 4.92. The molecular formula is C17H16ClN3O3. The fourth-order valence-corrected chi connectivity index (χ4v) is 2.54. The summed E-state index contributed by atoms with van der Waals surface area (Å²) in [6.45, 7) is 0. The number of ether oxygens (including phenoxy) is 3. The van der Waals surface area contributed by atoms with Crippen LogP contribution in [0, 0.1) is 0 Å². The van der Waals surface area contributed by atoms with Gasteiger partial charge < -0.3 is 14.2 Å². The van der Waals surface area contributed by atoms with E-state index >= 15 is 0 Å². The summed E-state index contributed by atoms with van der Waals surface area (Å²) in [6, 6.07) is 11.0. The first-order valence-corrected chi connectivity index (χ1v) is 7.52. The lowest BCUT2D eigenvalue weighted by Gasteiger charge is -2.15. The summed E-state index contributed by atoms with van der Waals surface area (Å²) >= 11 is 5.96. The number of hydrogen-bond donors (Lipinski definition) is 0. The Hall–Kier alpha value is -2.73. The molecule has 0 unspecified atom stereocenters. The van der Waals surface area contributed by atoms with Gasteiger partial charge in [0.1, 0.15) is 11.4 Å². The van der Waals surface area contributed by atoms with Crippen molar-refractivity contribution in [3.05, 3.63) is 47.6 Å². The van der Waals surface area contributed by atoms with Gasteiger partial charge in [-0.1, -0.05) is 28.9 Å². The van der Waals surface area contributed by atoms with E-state index in [0.29, 0.717) is 28.0 Å². The maximum atomic E-state index is 5.96. The molecule has 6 nitrogen and oxygen atoms in total. The van der Waals surface area contributed by atoms with Crippen molar-refractivity contribution in [2.45, 2.75) is 0 Å². The normalized spacial score (nSPS) is 10.5. The molecule has 0 atom stereocenters. The molecule has 24 heavy (non-hydrogen) atoms. The van der Waals surface area contributed by atoms with Crippen LogP contribution in [-0.4, -0.2) is 36.3 Å². The zero-order valence-electron chi connectivity index (χ0n) is 13.5. The highest BCUT2D eigenvalue weighted by Crippen LogP contribution is 2.37. The first kappa shape index (κ1) is 16.1. The summed E-state index contributed by atoms with van der Waals surface area (Å²) in [5.41, 5.74) is 2.43. The van der Waals surface area contributed by atoms with Crippen molar-refractivity contribution in [1.82, 2.24) is 15.0 Å². The number of rotatable bonds is 5. The fraction of sp³-hybridized carbons (Fsp3) is 0.176. The number of benzene rings is 2. The van der Waals surface area contributed by atoms with Crippen LogP contribution in [0.1, 0.15) is 0 Å². The van der Waals surface area contributed by atoms with Crippen LogP contribution in [-0.2, 0) is 0 Å². The third kappa shape index (κ3) is 2.88. The molecular weight excluding hydrogens is 330 g/mol. The van der Waals surface area contributed by atoms with Gasteiger partial charge in [-0.3, -0.25) is 0 Å². The van der Waals surface area contributed by atoms with Crippen molar-refractivity contribution < 1.29 is 14.2 Å². The minimum atomic E-state index is 0.575. The van der Waals surface area contributed by atoms with Crippen molar-refractivity contribution in [3.8, 4) is 34.2 Å². The van der Waals surface area contributed by atoms with Gasteiger partial charge in [0.15, 0.2) is 11.5 Å². The molecule has 0 aliphatic heterocycles. The van der Waals surface area contributed by atoms with Crippen molar-refractivity contribution in [2.75, 3.05) is 21.3 Å². The second kappa shape index (κ2) is 6.80. The predicted octanol–water partition coefficient (Wildman–Crippen LogP) is 3.61. The van der Waals surface area contributed by atoms with E-state index in [1.807, 2.05) is 24.3 Å². The van der Waals surface area contributed by atoms with E-state index in [9.17, 15) is 0 Å². The van der Waals surface area contributed by atoms with Crippen LogP contribution < -0.4 is 14.2 Å². The first-order valence-electron chi connectivity index (χ1n) is 7.15. The molecule has 0 saturated heterocycles. The third-order valence-corrected chi connectivity index (χ3v) is 3.85. The maximum absolute atomic E-state index is 5.96. The monoisotopic (exact) mass is 345 g/mol. The highest BCUT2D eigenvalue weighted by atomic mass is 35.5. The van der Waals surface area contributed by atoms with Gasteiger partial charge >= 0.3 is 0 Å². The van der Waals surface area contributed by atoms with E-state index in [0.717, 1.165) is 11.3 Å². The Bertz CT molecular complexity index is 847. The number of methoxy groups -OCH3 is 3. The summed E-state index contributed by atoms with van der Waals surface area (Å²) < 4.78 is 17.9. The third-order valence-electron chi connectivity index (χ3n) is 3.60. The molecule has 0 aliphatic carbocycles. The highest BCUT2D eigenvalue weighted by Gasteiger charge is 2.17. The zero-order valence-corrected chi connectivity index (χ0v) is 14.2. The molecule has 1 aromatic heterocycles. The molecule has 0 radical (unpaired) electrons. The lowest BCUT2D eigenvalue weighted by Crippen LogP contribution is -2.04. The number of aromatic nitrogens is 3. The fourth-order valence-electron chi connectivity index (χ4n) is 2.41. The molecule has 0 saturated carbocycles. The molecule has 0 N–H and O–H groups in total. The van der Waals surface area contributed by atoms with E-state index < -0.39 is 0 Å². The largest absolute Gasteiger partial charge is 0.494 e. The Morgan fingerprint density at radius 1 is 0.875 bits per heavy atom. The summed E-state index contributed by atoms with van der Waals surface area (Å²) in [5, 5.41) is 8.87. The predicted molar refractivity (Wildman–Crippen MR) is 91.5 cm³/mol. The molecule has 0 amide bonds. The summed E-state index contributed by atoms with van der Waals surface area (Å²) in [7, 11) is 4.74. The van der Waals surface area contributed by atoms with Crippen LogP contribution in [0.15, 0.2) is 42.6 Å². The summed E-state index contributed by atoms with van der Waals surface area (Å²) in [6.07, 6.45) is 1.68. The van der Waals surface area contributed by atoms with Gasteiger partial charge in [-0.15, -0.1) is 5.10 Å². The van der Waals surface area contributed by atoms with Gasteiger partial charge in [-0.2, -0.15) is 0 Å². The van der Waals surface area contributed by atoms with Crippen molar-refractivity contribution in [2.24, 2.45) is 0 Å². The van der Waals surface area contributed by atoms with Crippen LogP contribution in [0.4, 0.5) is 0 Å². The van der Waals surface area contributed by atoms with Crippen LogP contribution in [0.5, 0.6) is 17.2 Å². The van der Waals surface area contributed by atoms with Crippen molar-refractivity contribution in [1.29, 1.82) is 0 Å². The summed E-state index contributed by atoms with van der Waals surface area (Å²) in [4.78, 5) is 0. The minimum Gasteiger partial charge on any atom is -0.494 e. The summed E-state index contributed by atoms with van der Waals surface area (Å²) in [5.74, 6) is 1.74. The second-order valence-corrected chi connectivity index (χ2v) is 5.35. The van der Waals surface area contributed by atoms with Crippen LogP contribution in [0.3, 0.4) is 0 Å². The molecule has 124 valence electrons. The molecule has 3 aromatic rings. The van der Waals surface area contributed by atoms with E-state index in [1.54, 1.807) is 44.3 Å². The minimum absolute atomic E-state index is 0.575. The molecule has 7 heteroatoms. The Kier molecular flexibility index (Phi) is 4.57. The topological polar surface area (TPSA) is 58.4 Å². The van der Waals surface area contributed by atoms with Crippen LogP contribution in [0.2, 0.25) is 5.02 Å². The van der Waals surface area contributed by atoms with Crippen molar-refractivity contribution in [3.63, 3.8) is 0 Å². The molecule has 0 fully saturated rings. The molecule has 0 bridgehead atoms. The van der Waals surface area contributed by atoms with E-state index in [-0.39, 0.29) is 0 Å². The number of halogens is 1. The SMILES string of the molecule is COc1cc(OC)c(-n2nncc2-c2ccc(Cl)cc2)cc1OC. The smallest absolute Gasteiger partial charge is 0.164 e. The van der Waals surface area contributed by atoms with Gasteiger partial charge in [0.25, 0.3) is 0 Å². The van der Waals surface area contributed by atoms with Gasteiger partial charge in [0.2, 0.25) is 0 Å². The maximum Gasteiger partial charge on any atom is 0.164 e. The lowest BCUT2D eigenvalue weighted by atomic mass is 10.1. The van der Waals surface area contributed by atoms with Gasteiger partial charge in [0.05, 0.1) is 33.2 Å². The van der Waals surface area contributed by atoms with Gasteiger partial charge in [-0.25, -0.2) is 4.68 Å². The van der Waals surface area contributed by atoms with Gasteiger partial charge in [0, 0.05) is 22.7 Å². The molecule has 0 spiro atoms. The average molecular weight is 346 g/mol. The van der Waals surface area contributed by atoms with Crippen molar-refractivity contribution >= 4 is 11.6 Å². The molecule has 0 aliphatic rings. The van der Waals surface area contributed by atoms with Crippen LogP contribution in [0.25, 0.3) is 16.9 Å². The Morgan fingerprint density at radius 2 is 1.50 bits per heavy atom. The van der Waals surface area contributed by atoms with Gasteiger partial charge in [-0.05, 0) is 12.1 Å². The van der Waals surface area contributed by atoms with Crippen LogP contribution >= 0.6 is 11.6 Å².